The van der Waals surface area contributed by atoms with E-state index in [1.54, 1.807) is 0 Å². The molecule has 1 saturated heterocycles. The highest BCUT2D eigenvalue weighted by molar-refractivity contribution is 5.85. The van der Waals surface area contributed by atoms with Gasteiger partial charge in [-0.1, -0.05) is 69.3 Å². The van der Waals surface area contributed by atoms with Crippen molar-refractivity contribution in [2.45, 2.75) is 58.0 Å². The van der Waals surface area contributed by atoms with Crippen LogP contribution in [-0.2, 0) is 14.3 Å². The third-order valence-corrected chi connectivity index (χ3v) is 7.31. The molecule has 0 spiro atoms. The van der Waals surface area contributed by atoms with Crippen molar-refractivity contribution in [2.75, 3.05) is 13.2 Å². The van der Waals surface area contributed by atoms with E-state index in [1.807, 2.05) is 45.0 Å². The van der Waals surface area contributed by atoms with E-state index in [1.165, 1.54) is 4.90 Å². The average molecular weight is 479 g/mol. The first-order valence-corrected chi connectivity index (χ1v) is 12.4. The monoisotopic (exact) mass is 478 g/mol. The number of alkyl carbamates (subject to hydrolysis) is 1. The van der Waals surface area contributed by atoms with Crippen molar-refractivity contribution in [3.05, 3.63) is 59.7 Å². The fraction of sp³-hybridized carbons (Fsp3) is 0.464. The maximum Gasteiger partial charge on any atom is 0.407 e. The summed E-state index contributed by atoms with van der Waals surface area (Å²) in [6.45, 7) is 6.41. The number of carbonyl (C=O) groups is 3. The zero-order valence-corrected chi connectivity index (χ0v) is 20.6. The van der Waals surface area contributed by atoms with Gasteiger partial charge >= 0.3 is 12.1 Å². The van der Waals surface area contributed by atoms with Crippen molar-refractivity contribution < 1.29 is 24.2 Å². The van der Waals surface area contributed by atoms with E-state index in [0.717, 1.165) is 28.7 Å². The molecule has 2 aliphatic rings. The second kappa shape index (κ2) is 10.5. The first kappa shape index (κ1) is 24.8. The summed E-state index contributed by atoms with van der Waals surface area (Å²) in [5.41, 5.74) is 4.59. The number of rotatable bonds is 7. The van der Waals surface area contributed by atoms with Crippen molar-refractivity contribution in [1.82, 2.24) is 10.2 Å². The number of carbonyl (C=O) groups excluding carboxylic acids is 2. The lowest BCUT2D eigenvalue weighted by atomic mass is 9.84. The topological polar surface area (TPSA) is 95.9 Å². The maximum absolute atomic E-state index is 13.1. The van der Waals surface area contributed by atoms with Gasteiger partial charge in [0, 0.05) is 24.9 Å². The zero-order valence-electron chi connectivity index (χ0n) is 20.6. The molecule has 4 atom stereocenters. The van der Waals surface area contributed by atoms with Gasteiger partial charge in [0.25, 0.3) is 0 Å². The number of likely N-dealkylation sites (tertiary alicyclic amines) is 1. The van der Waals surface area contributed by atoms with Crippen LogP contribution in [0.1, 0.15) is 57.1 Å². The summed E-state index contributed by atoms with van der Waals surface area (Å²) < 4.78 is 5.62. The molecule has 1 fully saturated rings. The van der Waals surface area contributed by atoms with Crippen LogP contribution in [0.5, 0.6) is 0 Å². The minimum absolute atomic E-state index is 0.0393. The maximum atomic E-state index is 13.1. The molecule has 186 valence electrons. The molecule has 4 rings (SSSR count). The van der Waals surface area contributed by atoms with E-state index >= 15 is 0 Å². The summed E-state index contributed by atoms with van der Waals surface area (Å²) in [5.74, 6) is -1.14. The minimum Gasteiger partial charge on any atom is -0.480 e. The molecule has 1 heterocycles. The highest BCUT2D eigenvalue weighted by Crippen LogP contribution is 2.44. The summed E-state index contributed by atoms with van der Waals surface area (Å²) in [7, 11) is 0. The molecular weight excluding hydrogens is 444 g/mol. The van der Waals surface area contributed by atoms with E-state index in [2.05, 4.69) is 29.6 Å². The highest BCUT2D eigenvalue weighted by Gasteiger charge is 2.40. The van der Waals surface area contributed by atoms with Crippen molar-refractivity contribution >= 4 is 18.0 Å². The van der Waals surface area contributed by atoms with Crippen LogP contribution in [0.4, 0.5) is 4.79 Å². The number of amides is 2. The van der Waals surface area contributed by atoms with Crippen LogP contribution in [0.2, 0.25) is 0 Å². The molecule has 35 heavy (non-hydrogen) atoms. The van der Waals surface area contributed by atoms with Crippen molar-refractivity contribution in [3.63, 3.8) is 0 Å². The average Bonchev–Trinajstić information content (AvgIpc) is 3.15. The third-order valence-electron chi connectivity index (χ3n) is 7.31. The summed E-state index contributed by atoms with van der Waals surface area (Å²) in [6.07, 6.45) is 0.786. The van der Waals surface area contributed by atoms with Crippen molar-refractivity contribution in [2.24, 2.45) is 11.8 Å². The van der Waals surface area contributed by atoms with Crippen LogP contribution in [0, 0.1) is 11.8 Å². The van der Waals surface area contributed by atoms with Crippen LogP contribution in [-0.4, -0.2) is 53.2 Å². The summed E-state index contributed by atoms with van der Waals surface area (Å²) in [6, 6.07) is 15.0. The quantitative estimate of drug-likeness (QED) is 0.604. The highest BCUT2D eigenvalue weighted by atomic mass is 16.5. The third kappa shape index (κ3) is 5.19. The van der Waals surface area contributed by atoms with Gasteiger partial charge in [-0.05, 0) is 46.9 Å². The Morgan fingerprint density at radius 2 is 1.66 bits per heavy atom. The standard InChI is InChI=1S/C28H34N2O5/c1-4-19(14-25(31)30-15-17(2)13-18(3)26(30)27(32)33)29-28(34)35-16-24-22-11-7-5-9-20(22)21-10-6-8-12-23(21)24/h5-12,17-19,24,26H,4,13-16H2,1-3H3,(H,29,34)(H,32,33)/t17?,18?,19-,26?/m0/s1. The normalized spacial score (nSPS) is 22.1. The lowest BCUT2D eigenvalue weighted by molar-refractivity contribution is -0.156. The minimum atomic E-state index is -0.977. The Balaban J connectivity index is 1.37. The molecule has 0 bridgehead atoms. The SMILES string of the molecule is CC[C@@H](CC(=O)N1CC(C)CC(C)C1C(=O)O)NC(=O)OCC1c2ccccc2-c2ccccc21. The number of carboxylic acid groups (broad SMARTS) is 1. The van der Waals surface area contributed by atoms with Gasteiger partial charge in [0.2, 0.25) is 5.91 Å². The van der Waals surface area contributed by atoms with Gasteiger partial charge in [-0.3, -0.25) is 4.79 Å². The Morgan fingerprint density at radius 1 is 1.06 bits per heavy atom. The second-order valence-corrected chi connectivity index (χ2v) is 9.93. The number of aliphatic carboxylic acids is 1. The van der Waals surface area contributed by atoms with E-state index in [9.17, 15) is 19.5 Å². The predicted octanol–water partition coefficient (Wildman–Crippen LogP) is 4.65. The number of benzene rings is 2. The fourth-order valence-electron chi connectivity index (χ4n) is 5.66. The van der Waals surface area contributed by atoms with E-state index in [4.69, 9.17) is 4.74 Å². The Labute approximate surface area is 206 Å². The molecule has 2 aromatic carbocycles. The lowest BCUT2D eigenvalue weighted by Gasteiger charge is -2.41. The number of nitrogens with zero attached hydrogens (tertiary/aromatic N) is 1. The van der Waals surface area contributed by atoms with Crippen LogP contribution in [0.3, 0.4) is 0 Å². The predicted molar refractivity (Wildman–Crippen MR) is 133 cm³/mol. The Hall–Kier alpha value is -3.35. The number of piperidine rings is 1. The molecule has 0 saturated carbocycles. The van der Waals surface area contributed by atoms with Gasteiger partial charge in [0.1, 0.15) is 12.6 Å². The van der Waals surface area contributed by atoms with E-state index < -0.39 is 24.1 Å². The smallest absolute Gasteiger partial charge is 0.407 e. The first-order chi connectivity index (χ1) is 16.8. The van der Waals surface area contributed by atoms with E-state index in [-0.39, 0.29) is 36.7 Å². The molecule has 2 amide bonds. The molecular formula is C28H34N2O5. The van der Waals surface area contributed by atoms with Crippen LogP contribution in [0.25, 0.3) is 11.1 Å². The van der Waals surface area contributed by atoms with Gasteiger partial charge in [-0.15, -0.1) is 0 Å². The Morgan fingerprint density at radius 3 is 2.23 bits per heavy atom. The number of fused-ring (bicyclic) bond motifs is 3. The number of ether oxygens (including phenoxy) is 1. The molecule has 1 aliphatic carbocycles. The molecule has 0 radical (unpaired) electrons. The first-order valence-electron chi connectivity index (χ1n) is 12.4. The largest absolute Gasteiger partial charge is 0.480 e. The van der Waals surface area contributed by atoms with Crippen molar-refractivity contribution in [3.8, 4) is 11.1 Å². The number of hydrogen-bond acceptors (Lipinski definition) is 4. The fourth-order valence-corrected chi connectivity index (χ4v) is 5.66. The van der Waals surface area contributed by atoms with Crippen molar-refractivity contribution in [1.29, 1.82) is 0 Å². The second-order valence-electron chi connectivity index (χ2n) is 9.93. The number of hydrogen-bond donors (Lipinski definition) is 2. The Kier molecular flexibility index (Phi) is 7.43. The number of nitrogens with one attached hydrogen (secondary N) is 1. The Bertz CT molecular complexity index is 1050. The van der Waals surface area contributed by atoms with Gasteiger partial charge in [-0.2, -0.15) is 0 Å². The molecule has 1 aliphatic heterocycles. The number of carboxylic acids is 1. The molecule has 2 aromatic rings. The molecule has 2 N–H and O–H groups in total. The molecule has 0 aromatic heterocycles. The summed E-state index contributed by atoms with van der Waals surface area (Å²) in [5, 5.41) is 12.5. The van der Waals surface area contributed by atoms with Crippen LogP contribution >= 0.6 is 0 Å². The van der Waals surface area contributed by atoms with Crippen LogP contribution in [0.15, 0.2) is 48.5 Å². The van der Waals surface area contributed by atoms with Gasteiger partial charge in [0.15, 0.2) is 0 Å². The molecule has 3 unspecified atom stereocenters. The van der Waals surface area contributed by atoms with Gasteiger partial charge in [0.05, 0.1) is 0 Å². The van der Waals surface area contributed by atoms with Gasteiger partial charge < -0.3 is 20.1 Å². The zero-order chi connectivity index (χ0) is 25.1. The summed E-state index contributed by atoms with van der Waals surface area (Å²) in [4.78, 5) is 39.0. The van der Waals surface area contributed by atoms with E-state index in [0.29, 0.717) is 13.0 Å². The molecule has 7 heteroatoms. The summed E-state index contributed by atoms with van der Waals surface area (Å²) >= 11 is 0. The molecule has 7 nitrogen and oxygen atoms in total. The lowest BCUT2D eigenvalue weighted by Crippen LogP contribution is -2.55. The van der Waals surface area contributed by atoms with Crippen LogP contribution < -0.4 is 5.32 Å². The van der Waals surface area contributed by atoms with Gasteiger partial charge in [-0.25, -0.2) is 9.59 Å².